The lowest BCUT2D eigenvalue weighted by atomic mass is 10.1. The first-order valence-corrected chi connectivity index (χ1v) is 7.63. The Kier molecular flexibility index (Phi) is 5.11. The van der Waals surface area contributed by atoms with Crippen LogP contribution in [0.15, 0.2) is 41.3 Å². The fourth-order valence-electron chi connectivity index (χ4n) is 2.13. The molecule has 0 radical (unpaired) electrons. The van der Waals surface area contributed by atoms with Crippen LogP contribution >= 0.6 is 0 Å². The fourth-order valence-corrected chi connectivity index (χ4v) is 3.13. The molecule has 4 nitrogen and oxygen atoms in total. The Morgan fingerprint density at radius 3 is 2.55 bits per heavy atom. The Hall–Kier alpha value is -1.43. The maximum atomic E-state index is 12.3. The minimum Gasteiger partial charge on any atom is -0.383 e. The van der Waals surface area contributed by atoms with Crippen LogP contribution in [0.2, 0.25) is 0 Å². The third-order valence-corrected chi connectivity index (χ3v) is 4.30. The van der Waals surface area contributed by atoms with Crippen LogP contribution < -0.4 is 9.62 Å². The number of benzene rings is 2. The van der Waals surface area contributed by atoms with Gasteiger partial charge in [-0.3, -0.25) is 0 Å². The van der Waals surface area contributed by atoms with Crippen LogP contribution in [0.5, 0.6) is 0 Å². The minimum absolute atomic E-state index is 0.541. The topological polar surface area (TPSA) is 41.6 Å². The van der Waals surface area contributed by atoms with Gasteiger partial charge in [-0.05, 0) is 12.1 Å². The van der Waals surface area contributed by atoms with Crippen molar-refractivity contribution in [2.75, 3.05) is 39.3 Å². The number of hydrogen-bond donors (Lipinski definition) is 1. The molecule has 0 aliphatic heterocycles. The second-order valence-electron chi connectivity index (χ2n) is 4.68. The van der Waals surface area contributed by atoms with Crippen molar-refractivity contribution >= 4 is 27.4 Å². The molecule has 1 atom stereocenters. The van der Waals surface area contributed by atoms with Gasteiger partial charge in [0, 0.05) is 44.2 Å². The fraction of sp³-hybridized carbons (Fsp3) is 0.333. The summed E-state index contributed by atoms with van der Waals surface area (Å²) in [6.07, 6.45) is 0. The van der Waals surface area contributed by atoms with Gasteiger partial charge in [0.2, 0.25) is 0 Å². The van der Waals surface area contributed by atoms with E-state index in [4.69, 9.17) is 4.74 Å². The van der Waals surface area contributed by atoms with Crippen molar-refractivity contribution in [3.05, 3.63) is 36.4 Å². The van der Waals surface area contributed by atoms with Crippen LogP contribution in [0, 0.1) is 0 Å². The Morgan fingerprint density at radius 2 is 1.85 bits per heavy atom. The summed E-state index contributed by atoms with van der Waals surface area (Å²) in [7, 11) is 4.42. The highest BCUT2D eigenvalue weighted by Crippen LogP contribution is 2.29. The molecule has 1 N–H and O–H groups in total. The molecule has 0 aliphatic carbocycles. The molecule has 0 fully saturated rings. The van der Waals surface area contributed by atoms with Crippen molar-refractivity contribution in [3.8, 4) is 0 Å². The van der Waals surface area contributed by atoms with Gasteiger partial charge in [0.15, 0.2) is 0 Å². The second kappa shape index (κ2) is 6.83. The van der Waals surface area contributed by atoms with Gasteiger partial charge < -0.3 is 9.64 Å². The Labute approximate surface area is 122 Å². The minimum atomic E-state index is -1.23. The van der Waals surface area contributed by atoms with Crippen LogP contribution in [-0.2, 0) is 15.7 Å². The highest BCUT2D eigenvalue weighted by atomic mass is 32.2. The smallest absolute Gasteiger partial charge is 0.125 e. The summed E-state index contributed by atoms with van der Waals surface area (Å²) in [5.41, 5.74) is 1.12. The van der Waals surface area contributed by atoms with Crippen molar-refractivity contribution in [2.45, 2.75) is 4.90 Å². The molecule has 0 spiro atoms. The third kappa shape index (κ3) is 3.17. The molecule has 0 aliphatic rings. The molecule has 20 heavy (non-hydrogen) atoms. The van der Waals surface area contributed by atoms with Gasteiger partial charge in [0.25, 0.3) is 0 Å². The molecule has 0 saturated heterocycles. The molecule has 5 heteroatoms. The molecule has 2 rings (SSSR count). The number of nitrogens with one attached hydrogen (secondary N) is 1. The normalized spacial score (nSPS) is 12.6. The molecule has 0 saturated carbocycles. The Balaban J connectivity index is 2.40. The predicted octanol–water partition coefficient (Wildman–Crippen LogP) is 2.16. The number of anilines is 1. The largest absolute Gasteiger partial charge is 0.383 e. The first kappa shape index (κ1) is 15.0. The standard InChI is InChI=1S/C15H20N2O2S/c1-17(2)14-8-4-7-13-12(14)6-5-9-15(13)20(18)16-10-11-19-3/h4-9,16H,10-11H2,1-3H3. The SMILES string of the molecule is COCCNS(=O)c1cccc2c(N(C)C)cccc12. The zero-order valence-corrected chi connectivity index (χ0v) is 12.9. The number of ether oxygens (including phenoxy) is 1. The highest BCUT2D eigenvalue weighted by molar-refractivity contribution is 7.83. The molecule has 0 amide bonds. The summed E-state index contributed by atoms with van der Waals surface area (Å²) < 4.78 is 20.3. The zero-order valence-electron chi connectivity index (χ0n) is 12.1. The van der Waals surface area contributed by atoms with E-state index < -0.39 is 11.0 Å². The van der Waals surface area contributed by atoms with Crippen LogP contribution in [0.1, 0.15) is 0 Å². The van der Waals surface area contributed by atoms with Crippen LogP contribution in [0.3, 0.4) is 0 Å². The Bertz CT molecular complexity index is 614. The van der Waals surface area contributed by atoms with E-state index in [0.717, 1.165) is 21.4 Å². The first-order chi connectivity index (χ1) is 9.65. The predicted molar refractivity (Wildman–Crippen MR) is 84.6 cm³/mol. The molecule has 0 bridgehead atoms. The molecule has 0 aromatic heterocycles. The van der Waals surface area contributed by atoms with Crippen molar-refractivity contribution in [1.82, 2.24) is 4.72 Å². The van der Waals surface area contributed by atoms with Crippen molar-refractivity contribution in [3.63, 3.8) is 0 Å². The van der Waals surface area contributed by atoms with Crippen molar-refractivity contribution in [1.29, 1.82) is 0 Å². The van der Waals surface area contributed by atoms with Crippen LogP contribution in [0.25, 0.3) is 10.8 Å². The van der Waals surface area contributed by atoms with Crippen LogP contribution in [-0.4, -0.2) is 38.6 Å². The number of hydrogen-bond acceptors (Lipinski definition) is 3. The third-order valence-electron chi connectivity index (χ3n) is 3.08. The van der Waals surface area contributed by atoms with E-state index in [1.165, 1.54) is 0 Å². The molecule has 2 aromatic rings. The average molecular weight is 292 g/mol. The lowest BCUT2D eigenvalue weighted by Crippen LogP contribution is -2.22. The summed E-state index contributed by atoms with van der Waals surface area (Å²) in [5.74, 6) is 0. The van der Waals surface area contributed by atoms with Gasteiger partial charge in [-0.1, -0.05) is 24.3 Å². The van der Waals surface area contributed by atoms with Crippen molar-refractivity contribution in [2.24, 2.45) is 0 Å². The molecular formula is C15H20N2O2S. The molecule has 0 heterocycles. The highest BCUT2D eigenvalue weighted by Gasteiger charge is 2.10. The maximum Gasteiger partial charge on any atom is 0.125 e. The van der Waals surface area contributed by atoms with E-state index >= 15 is 0 Å². The maximum absolute atomic E-state index is 12.3. The average Bonchev–Trinajstić information content (AvgIpc) is 2.46. The summed E-state index contributed by atoms with van der Waals surface area (Å²) in [4.78, 5) is 2.87. The zero-order chi connectivity index (χ0) is 14.5. The lowest BCUT2D eigenvalue weighted by Gasteiger charge is -2.16. The number of fused-ring (bicyclic) bond motifs is 1. The van der Waals surface area contributed by atoms with Crippen LogP contribution in [0.4, 0.5) is 5.69 Å². The summed E-state index contributed by atoms with van der Waals surface area (Å²) in [5, 5.41) is 2.12. The van der Waals surface area contributed by atoms with Crippen molar-refractivity contribution < 1.29 is 8.95 Å². The Morgan fingerprint density at radius 1 is 1.15 bits per heavy atom. The van der Waals surface area contributed by atoms with E-state index in [9.17, 15) is 4.21 Å². The van der Waals surface area contributed by atoms with E-state index in [2.05, 4.69) is 21.8 Å². The number of rotatable bonds is 6. The molecule has 2 aromatic carbocycles. The second-order valence-corrected chi connectivity index (χ2v) is 5.94. The molecular weight excluding hydrogens is 272 g/mol. The lowest BCUT2D eigenvalue weighted by molar-refractivity contribution is 0.205. The first-order valence-electron chi connectivity index (χ1n) is 6.48. The van der Waals surface area contributed by atoms with Gasteiger partial charge in [-0.2, -0.15) is 0 Å². The summed E-state index contributed by atoms with van der Waals surface area (Å²) in [6.45, 7) is 1.10. The van der Waals surface area contributed by atoms with Gasteiger partial charge >= 0.3 is 0 Å². The van der Waals surface area contributed by atoms with E-state index in [0.29, 0.717) is 13.2 Å². The van der Waals surface area contributed by atoms with Gasteiger partial charge in [0.05, 0.1) is 11.5 Å². The van der Waals surface area contributed by atoms with E-state index in [1.54, 1.807) is 7.11 Å². The van der Waals surface area contributed by atoms with E-state index in [-0.39, 0.29) is 0 Å². The van der Waals surface area contributed by atoms with Gasteiger partial charge in [-0.15, -0.1) is 0 Å². The van der Waals surface area contributed by atoms with E-state index in [1.807, 2.05) is 38.4 Å². The molecule has 108 valence electrons. The molecule has 1 unspecified atom stereocenters. The monoisotopic (exact) mass is 292 g/mol. The quantitative estimate of drug-likeness (QED) is 0.830. The number of nitrogens with zero attached hydrogens (tertiary/aromatic N) is 1. The number of methoxy groups -OCH3 is 1. The van der Waals surface area contributed by atoms with Gasteiger partial charge in [-0.25, -0.2) is 8.93 Å². The summed E-state index contributed by atoms with van der Waals surface area (Å²) in [6, 6.07) is 12.0. The summed E-state index contributed by atoms with van der Waals surface area (Å²) >= 11 is 0. The van der Waals surface area contributed by atoms with Gasteiger partial charge in [0.1, 0.15) is 11.0 Å².